The lowest BCUT2D eigenvalue weighted by molar-refractivity contribution is 1.02. The molecule has 106 valence electrons. The summed E-state index contributed by atoms with van der Waals surface area (Å²) in [4.78, 5) is 11.9. The Morgan fingerprint density at radius 3 is 2.45 bits per heavy atom. The third-order valence-electron chi connectivity index (χ3n) is 3.64. The molecule has 0 atom stereocenters. The van der Waals surface area contributed by atoms with Crippen molar-refractivity contribution in [1.29, 1.82) is 0 Å². The van der Waals surface area contributed by atoms with E-state index in [0.717, 1.165) is 27.9 Å². The standard InChI is InChI=1S/C17H12N4O/c22-17-14-7-2-1-6-13(14)16(20-21-17)12-5-3-4-11(10-12)15-8-9-18-19-15/h1-10H,(H,18,19)(H,21,22). The third kappa shape index (κ3) is 2.00. The fraction of sp³-hybridized carbons (Fsp3) is 0. The van der Waals surface area contributed by atoms with E-state index in [0.29, 0.717) is 5.39 Å². The number of nitrogens with one attached hydrogen (secondary N) is 2. The van der Waals surface area contributed by atoms with Crippen molar-refractivity contribution in [3.8, 4) is 22.5 Å². The Bertz CT molecular complexity index is 1000. The molecule has 0 aliphatic rings. The average Bonchev–Trinajstić information content (AvgIpc) is 3.10. The van der Waals surface area contributed by atoms with Gasteiger partial charge in [0.05, 0.1) is 16.8 Å². The number of fused-ring (bicyclic) bond motifs is 1. The van der Waals surface area contributed by atoms with Gasteiger partial charge >= 0.3 is 0 Å². The number of nitrogens with zero attached hydrogens (tertiary/aromatic N) is 2. The van der Waals surface area contributed by atoms with E-state index in [4.69, 9.17) is 0 Å². The molecule has 0 aliphatic carbocycles. The van der Waals surface area contributed by atoms with Crippen LogP contribution in [0, 0.1) is 0 Å². The lowest BCUT2D eigenvalue weighted by Gasteiger charge is -2.06. The monoisotopic (exact) mass is 288 g/mol. The van der Waals surface area contributed by atoms with Gasteiger partial charge in [-0.2, -0.15) is 10.2 Å². The third-order valence-corrected chi connectivity index (χ3v) is 3.64. The number of aromatic amines is 2. The molecule has 0 saturated carbocycles. The Morgan fingerprint density at radius 2 is 1.64 bits per heavy atom. The first kappa shape index (κ1) is 12.5. The van der Waals surface area contributed by atoms with Gasteiger partial charge in [0.15, 0.2) is 0 Å². The molecular weight excluding hydrogens is 276 g/mol. The molecule has 22 heavy (non-hydrogen) atoms. The van der Waals surface area contributed by atoms with Crippen LogP contribution in [-0.2, 0) is 0 Å². The van der Waals surface area contributed by atoms with Crippen LogP contribution in [0.4, 0.5) is 0 Å². The first-order chi connectivity index (χ1) is 10.8. The summed E-state index contributed by atoms with van der Waals surface area (Å²) in [5.74, 6) is 0. The molecule has 0 bridgehead atoms. The summed E-state index contributed by atoms with van der Waals surface area (Å²) >= 11 is 0. The summed E-state index contributed by atoms with van der Waals surface area (Å²) in [6, 6.07) is 17.4. The number of benzene rings is 2. The number of rotatable bonds is 2. The maximum atomic E-state index is 11.9. The van der Waals surface area contributed by atoms with E-state index in [2.05, 4.69) is 20.4 Å². The maximum Gasteiger partial charge on any atom is 0.272 e. The molecule has 0 aliphatic heterocycles. The van der Waals surface area contributed by atoms with E-state index < -0.39 is 0 Å². The molecule has 0 unspecified atom stereocenters. The van der Waals surface area contributed by atoms with Crippen LogP contribution >= 0.6 is 0 Å². The Labute approximate surface area is 125 Å². The molecule has 5 heteroatoms. The molecule has 2 aromatic carbocycles. The van der Waals surface area contributed by atoms with Crippen LogP contribution in [0.1, 0.15) is 0 Å². The van der Waals surface area contributed by atoms with Crippen LogP contribution in [-0.4, -0.2) is 20.4 Å². The summed E-state index contributed by atoms with van der Waals surface area (Å²) in [5.41, 5.74) is 3.49. The van der Waals surface area contributed by atoms with Crippen molar-refractivity contribution < 1.29 is 0 Å². The van der Waals surface area contributed by atoms with Gasteiger partial charge < -0.3 is 0 Å². The van der Waals surface area contributed by atoms with Gasteiger partial charge in [0.2, 0.25) is 0 Å². The predicted molar refractivity (Wildman–Crippen MR) is 85.4 cm³/mol. The van der Waals surface area contributed by atoms with Crippen LogP contribution in [0.2, 0.25) is 0 Å². The van der Waals surface area contributed by atoms with Gasteiger partial charge in [-0.05, 0) is 18.2 Å². The van der Waals surface area contributed by atoms with E-state index in [1.165, 1.54) is 0 Å². The number of H-pyrrole nitrogens is 2. The fourth-order valence-corrected chi connectivity index (χ4v) is 2.59. The van der Waals surface area contributed by atoms with Crippen molar-refractivity contribution in [2.24, 2.45) is 0 Å². The molecule has 2 aromatic heterocycles. The molecule has 0 amide bonds. The van der Waals surface area contributed by atoms with Crippen molar-refractivity contribution in [3.63, 3.8) is 0 Å². The Balaban J connectivity index is 1.95. The highest BCUT2D eigenvalue weighted by Crippen LogP contribution is 2.27. The molecule has 4 aromatic rings. The smallest absolute Gasteiger partial charge is 0.272 e. The van der Waals surface area contributed by atoms with Gasteiger partial charge in [-0.3, -0.25) is 9.89 Å². The number of aromatic nitrogens is 4. The quantitative estimate of drug-likeness (QED) is 0.595. The van der Waals surface area contributed by atoms with Crippen molar-refractivity contribution in [3.05, 3.63) is 71.1 Å². The minimum absolute atomic E-state index is 0.177. The van der Waals surface area contributed by atoms with Gasteiger partial charge in [-0.25, -0.2) is 5.10 Å². The van der Waals surface area contributed by atoms with Crippen LogP contribution in [0.5, 0.6) is 0 Å². The molecule has 0 spiro atoms. The summed E-state index contributed by atoms with van der Waals surface area (Å²) < 4.78 is 0. The summed E-state index contributed by atoms with van der Waals surface area (Å²) in [6.45, 7) is 0. The maximum absolute atomic E-state index is 11.9. The SMILES string of the molecule is O=c1[nH]nc(-c2cccc(-c3ccn[nH]3)c2)c2ccccc12. The van der Waals surface area contributed by atoms with E-state index in [1.54, 1.807) is 12.3 Å². The molecule has 0 saturated heterocycles. The van der Waals surface area contributed by atoms with Crippen LogP contribution < -0.4 is 5.56 Å². The van der Waals surface area contributed by atoms with E-state index in [9.17, 15) is 4.79 Å². The largest absolute Gasteiger partial charge is 0.278 e. The lowest BCUT2D eigenvalue weighted by Crippen LogP contribution is -2.09. The van der Waals surface area contributed by atoms with Gasteiger partial charge in [0, 0.05) is 22.7 Å². The highest BCUT2D eigenvalue weighted by atomic mass is 16.1. The zero-order chi connectivity index (χ0) is 14.9. The first-order valence-electron chi connectivity index (χ1n) is 6.90. The zero-order valence-corrected chi connectivity index (χ0v) is 11.6. The second-order valence-corrected chi connectivity index (χ2v) is 5.00. The Kier molecular flexibility index (Phi) is 2.83. The molecular formula is C17H12N4O. The highest BCUT2D eigenvalue weighted by molar-refractivity contribution is 5.94. The average molecular weight is 288 g/mol. The minimum atomic E-state index is -0.177. The molecule has 2 N–H and O–H groups in total. The Morgan fingerprint density at radius 1 is 0.818 bits per heavy atom. The molecule has 2 heterocycles. The van der Waals surface area contributed by atoms with E-state index in [-0.39, 0.29) is 5.56 Å². The molecule has 0 radical (unpaired) electrons. The number of hydrogen-bond donors (Lipinski definition) is 2. The lowest BCUT2D eigenvalue weighted by atomic mass is 10.0. The van der Waals surface area contributed by atoms with E-state index >= 15 is 0 Å². The van der Waals surface area contributed by atoms with Crippen LogP contribution in [0.15, 0.2) is 65.6 Å². The minimum Gasteiger partial charge on any atom is -0.278 e. The molecule has 4 rings (SSSR count). The van der Waals surface area contributed by atoms with Gasteiger partial charge in [0.25, 0.3) is 5.56 Å². The van der Waals surface area contributed by atoms with E-state index in [1.807, 2.05) is 48.5 Å². The zero-order valence-electron chi connectivity index (χ0n) is 11.6. The van der Waals surface area contributed by atoms with Crippen molar-refractivity contribution in [2.45, 2.75) is 0 Å². The predicted octanol–water partition coefficient (Wildman–Crippen LogP) is 2.98. The summed E-state index contributed by atoms with van der Waals surface area (Å²) in [5, 5.41) is 15.2. The molecule has 0 fully saturated rings. The van der Waals surface area contributed by atoms with Crippen LogP contribution in [0.3, 0.4) is 0 Å². The normalized spacial score (nSPS) is 10.9. The van der Waals surface area contributed by atoms with Crippen LogP contribution in [0.25, 0.3) is 33.3 Å². The van der Waals surface area contributed by atoms with Crippen molar-refractivity contribution in [1.82, 2.24) is 20.4 Å². The fourth-order valence-electron chi connectivity index (χ4n) is 2.59. The highest BCUT2D eigenvalue weighted by Gasteiger charge is 2.09. The van der Waals surface area contributed by atoms with Gasteiger partial charge in [-0.1, -0.05) is 36.4 Å². The second-order valence-electron chi connectivity index (χ2n) is 5.00. The summed E-state index contributed by atoms with van der Waals surface area (Å²) in [7, 11) is 0. The van der Waals surface area contributed by atoms with Crippen molar-refractivity contribution in [2.75, 3.05) is 0 Å². The topological polar surface area (TPSA) is 74.4 Å². The summed E-state index contributed by atoms with van der Waals surface area (Å²) in [6.07, 6.45) is 1.72. The Hall–Kier alpha value is -3.21. The van der Waals surface area contributed by atoms with Crippen molar-refractivity contribution >= 4 is 10.8 Å². The first-order valence-corrected chi connectivity index (χ1v) is 6.90. The second kappa shape index (κ2) is 4.96. The molecule has 5 nitrogen and oxygen atoms in total. The number of hydrogen-bond acceptors (Lipinski definition) is 3. The van der Waals surface area contributed by atoms with Gasteiger partial charge in [-0.15, -0.1) is 0 Å². The van der Waals surface area contributed by atoms with Gasteiger partial charge in [0.1, 0.15) is 0 Å².